The number of pyridine rings is 1. The van der Waals surface area contributed by atoms with E-state index in [0.717, 1.165) is 88.9 Å². The Morgan fingerprint density at radius 1 is 0.265 bits per heavy atom. The molecule has 16 aromatic carbocycles. The van der Waals surface area contributed by atoms with Crippen LogP contribution in [0.25, 0.3) is 221 Å². The van der Waals surface area contributed by atoms with Crippen LogP contribution in [-0.4, -0.2) is 48.6 Å². The number of thiophene rings is 1. The zero-order valence-corrected chi connectivity index (χ0v) is 74.0. The molecule has 0 amide bonds. The molecule has 0 N–H and O–H groups in total. The molecule has 9 heterocycles. The van der Waals surface area contributed by atoms with Crippen LogP contribution in [0.15, 0.2) is 393 Å². The van der Waals surface area contributed by atoms with Crippen molar-refractivity contribution in [2.45, 2.75) is 57.8 Å². The summed E-state index contributed by atoms with van der Waals surface area (Å²) in [6.45, 7) is 14.0. The molecule has 3 aliphatic rings. The lowest BCUT2D eigenvalue weighted by atomic mass is 9.82. The van der Waals surface area contributed by atoms with E-state index in [1.165, 1.54) is 130 Å². The molecule has 28 rings (SSSR count). The monoisotopic (exact) mass is 1710 g/mol. The summed E-state index contributed by atoms with van der Waals surface area (Å²) < 4.78 is 17.8. The van der Waals surface area contributed by atoms with Crippen molar-refractivity contribution in [3.05, 3.63) is 422 Å². The second-order valence-electron chi connectivity index (χ2n) is 36.4. The molecule has 0 saturated heterocycles. The molecule has 624 valence electrons. The van der Waals surface area contributed by atoms with E-state index in [-0.39, 0.29) is 16.2 Å². The van der Waals surface area contributed by atoms with E-state index >= 15 is 0 Å². The Hall–Kier alpha value is -16.5. The summed E-state index contributed by atoms with van der Waals surface area (Å²) in [6, 6.07) is 133. The molecule has 9 aromatic heterocycles. The van der Waals surface area contributed by atoms with E-state index in [2.05, 4.69) is 357 Å². The molecule has 25 aromatic rings. The smallest absolute Gasteiger partial charge is 0.330 e. The highest BCUT2D eigenvalue weighted by Crippen LogP contribution is 2.58. The van der Waals surface area contributed by atoms with Gasteiger partial charge in [0.05, 0.1) is 50.4 Å². The summed E-state index contributed by atoms with van der Waals surface area (Å²) in [5.74, 6) is 4.63. The van der Waals surface area contributed by atoms with Crippen LogP contribution in [0.5, 0.6) is 0 Å². The highest BCUT2D eigenvalue weighted by Gasteiger charge is 2.42. The number of rotatable bonds is 8. The molecule has 0 fully saturated rings. The van der Waals surface area contributed by atoms with Crippen LogP contribution in [-0.2, 0) is 16.2 Å². The number of benzene rings is 16. The Morgan fingerprint density at radius 2 is 0.652 bits per heavy atom. The van der Waals surface area contributed by atoms with Crippen molar-refractivity contribution >= 4 is 125 Å². The molecule has 13 heteroatoms. The summed E-state index contributed by atoms with van der Waals surface area (Å²) >= 11 is 1.79. The lowest BCUT2D eigenvalue weighted by molar-refractivity contribution is -0.513. The van der Waals surface area contributed by atoms with Gasteiger partial charge in [-0.15, -0.1) is 11.3 Å². The van der Waals surface area contributed by atoms with Gasteiger partial charge in [0.2, 0.25) is 11.9 Å². The number of hydrogen-bond donors (Lipinski definition) is 0. The zero-order valence-electron chi connectivity index (χ0n) is 73.2. The van der Waals surface area contributed by atoms with E-state index in [0.29, 0.717) is 35.2 Å². The number of furan rings is 1. The van der Waals surface area contributed by atoms with E-state index in [9.17, 15) is 0 Å². The van der Waals surface area contributed by atoms with E-state index in [1.54, 1.807) is 11.3 Å². The summed E-state index contributed by atoms with van der Waals surface area (Å²) in [6.07, 6.45) is 4.27. The van der Waals surface area contributed by atoms with Gasteiger partial charge in [0.1, 0.15) is 17.4 Å². The largest absolute Gasteiger partial charge is 0.455 e. The standard InChI is InChI=1S/C42H28N4O.C42H28N4S.C35H26N3/c2*1-42(2)31-20-9-6-16-28(31)36-32(42)23-24-34-37(36)29-17-7-10-21-33(29)46(34)41-44-39(25-13-4-3-5-14-25)43-40(45-41)30-19-12-18-27-26-15-8-11-22-35(26)47-38(27)30;1-35(2)27-16-8-6-14-24(27)32-28(35)19-20-30-33(32)25-15-7-9-17-29(25)38(30)34-26(23-12-4-3-5-13-23)22-37-21-11-10-18-31(37)36-34/h2*3-24H,1-2H3;3-22H,1-2H3/q;;+1. The van der Waals surface area contributed by atoms with Crippen LogP contribution in [0.1, 0.15) is 74.9 Å². The molecule has 0 spiro atoms. The Balaban J connectivity index is 0.000000104. The maximum atomic E-state index is 6.45. The topological polar surface area (TPSA) is 122 Å². The third-order valence-corrected chi connectivity index (χ3v) is 29.3. The molecule has 0 saturated carbocycles. The fraction of sp³-hybridized carbons (Fsp3) is 0.0756. The molecule has 12 nitrogen and oxygen atoms in total. The molecule has 0 atom stereocenters. The summed E-state index contributed by atoms with van der Waals surface area (Å²) in [7, 11) is 0. The van der Waals surface area contributed by atoms with Gasteiger partial charge in [0.15, 0.2) is 23.3 Å². The SMILES string of the molecule is CC1(C)c2ccccc2-c2c1ccc1c2c2ccccc2n1-c1nc(-c2ccccc2)nc(-c2cccc3c2oc2ccccc23)n1.CC1(C)c2ccccc2-c2c1ccc1c2c2ccccc2n1-c1nc(-c2ccccc2)nc(-c2cccc3c2sc2ccccc23)n1.CC1(C)c2ccccc2-c2c1ccc1c2c2ccccc2n1-c1nc2cccc[n+]2cc1-c1ccccc1. The highest BCUT2D eigenvalue weighted by molar-refractivity contribution is 7.26. The minimum atomic E-state index is -0.102. The fourth-order valence-corrected chi connectivity index (χ4v) is 23.1. The quantitative estimate of drug-likeness (QED) is 0.138. The average molecular weight is 1710 g/mol. The molecule has 132 heavy (non-hydrogen) atoms. The van der Waals surface area contributed by atoms with Crippen molar-refractivity contribution in [3.63, 3.8) is 0 Å². The van der Waals surface area contributed by atoms with E-state index in [4.69, 9.17) is 39.3 Å². The number of aromatic nitrogens is 11. The van der Waals surface area contributed by atoms with Gasteiger partial charge in [0.25, 0.3) is 5.82 Å². The van der Waals surface area contributed by atoms with Crippen molar-refractivity contribution in [2.75, 3.05) is 0 Å². The van der Waals surface area contributed by atoms with Gasteiger partial charge < -0.3 is 4.42 Å². The van der Waals surface area contributed by atoms with E-state index < -0.39 is 0 Å². The van der Waals surface area contributed by atoms with Crippen LogP contribution < -0.4 is 4.40 Å². The lowest BCUT2D eigenvalue weighted by Gasteiger charge is -2.21. The van der Waals surface area contributed by atoms with Crippen LogP contribution >= 0.6 is 11.3 Å². The zero-order chi connectivity index (χ0) is 88.0. The highest BCUT2D eigenvalue weighted by atomic mass is 32.1. The van der Waals surface area contributed by atoms with Crippen molar-refractivity contribution < 1.29 is 8.82 Å². The second-order valence-corrected chi connectivity index (χ2v) is 37.4. The lowest BCUT2D eigenvalue weighted by Crippen LogP contribution is -2.23. The Morgan fingerprint density at radius 3 is 1.17 bits per heavy atom. The first-order chi connectivity index (χ1) is 64.8. The Bertz CT molecular complexity index is 8770. The van der Waals surface area contributed by atoms with Gasteiger partial charge in [-0.1, -0.05) is 345 Å². The van der Waals surface area contributed by atoms with Crippen molar-refractivity contribution in [1.82, 2.24) is 48.6 Å². The molecule has 3 aliphatic carbocycles. The first-order valence-corrected chi connectivity index (χ1v) is 45.9. The van der Waals surface area contributed by atoms with Gasteiger partial charge in [-0.05, 0) is 144 Å². The van der Waals surface area contributed by atoms with Crippen LogP contribution in [0.3, 0.4) is 0 Å². The maximum Gasteiger partial charge on any atom is 0.330 e. The Kier molecular flexibility index (Phi) is 17.0. The molecule has 0 radical (unpaired) electrons. The third kappa shape index (κ3) is 11.5. The minimum Gasteiger partial charge on any atom is -0.455 e. The number of para-hydroxylation sites is 5. The van der Waals surface area contributed by atoms with Crippen LogP contribution in [0.4, 0.5) is 0 Å². The normalized spacial score (nSPS) is 13.6. The van der Waals surface area contributed by atoms with Crippen molar-refractivity contribution in [1.29, 1.82) is 0 Å². The first-order valence-electron chi connectivity index (χ1n) is 45.1. The number of fused-ring (bicyclic) bond motifs is 28. The van der Waals surface area contributed by atoms with Gasteiger partial charge in [-0.2, -0.15) is 19.9 Å². The summed E-state index contributed by atoms with van der Waals surface area (Å²) in [4.78, 5) is 36.4. The van der Waals surface area contributed by atoms with E-state index in [1.807, 2.05) is 91.0 Å². The average Bonchev–Trinajstić information content (AvgIpc) is 1.55. The third-order valence-electron chi connectivity index (χ3n) is 28.0. The van der Waals surface area contributed by atoms with Gasteiger partial charge in [-0.25, -0.2) is 14.4 Å². The van der Waals surface area contributed by atoms with Crippen molar-refractivity contribution in [2.24, 2.45) is 0 Å². The molecular weight excluding hydrogens is 1630 g/mol. The Labute approximate surface area is 764 Å². The fourth-order valence-electron chi connectivity index (χ4n) is 21.9. The maximum absolute atomic E-state index is 6.45. The molecule has 0 unspecified atom stereocenters. The molecule has 0 bridgehead atoms. The van der Waals surface area contributed by atoms with Gasteiger partial charge >= 0.3 is 5.65 Å². The first kappa shape index (κ1) is 76.7. The van der Waals surface area contributed by atoms with Gasteiger partial charge in [0, 0.05) is 102 Å². The van der Waals surface area contributed by atoms with Crippen molar-refractivity contribution in [3.8, 4) is 108 Å². The van der Waals surface area contributed by atoms with Gasteiger partial charge in [-0.3, -0.25) is 13.7 Å². The number of hydrogen-bond acceptors (Lipinski definition) is 9. The predicted molar refractivity (Wildman–Crippen MR) is 540 cm³/mol. The molecule has 0 aliphatic heterocycles. The minimum absolute atomic E-state index is 0.0453. The summed E-state index contributed by atoms with van der Waals surface area (Å²) in [5.41, 5.74) is 31.0. The van der Waals surface area contributed by atoms with Crippen LogP contribution in [0.2, 0.25) is 0 Å². The van der Waals surface area contributed by atoms with Crippen LogP contribution in [0, 0.1) is 0 Å². The molecular formula is C119H82N11OS+. The number of nitrogens with zero attached hydrogens (tertiary/aromatic N) is 11. The summed E-state index contributed by atoms with van der Waals surface area (Å²) in [5, 5.41) is 12.0. The second kappa shape index (κ2) is 29.3. The predicted octanol–water partition coefficient (Wildman–Crippen LogP) is 29.4.